The molecule has 0 N–H and O–H groups in total. The topological polar surface area (TPSA) is 66.4 Å². The molecule has 0 aromatic heterocycles. The minimum atomic E-state index is -1.23. The average molecular weight is 208 g/mol. The van der Waals surface area contributed by atoms with Crippen molar-refractivity contribution in [2.45, 2.75) is 6.92 Å². The fourth-order valence-electron chi connectivity index (χ4n) is 0.117. The van der Waals surface area contributed by atoms with Crippen molar-refractivity contribution in [3.8, 4) is 0 Å². The van der Waals surface area contributed by atoms with Crippen molar-refractivity contribution >= 4 is 11.9 Å². The second-order valence-corrected chi connectivity index (χ2v) is 1.30. The third kappa shape index (κ3) is 66.6. The Hall–Kier alpha value is -0.840. The number of carbonyl (C=O) groups excluding carboxylic acids is 2. The van der Waals surface area contributed by atoms with Crippen LogP contribution in [0.5, 0.6) is 0 Å². The van der Waals surface area contributed by atoms with Crippen LogP contribution in [0.3, 0.4) is 0 Å². The van der Waals surface area contributed by atoms with E-state index in [2.05, 4.69) is 31.1 Å². The first-order valence-electron chi connectivity index (χ1n) is 3.16. The van der Waals surface area contributed by atoms with Gasteiger partial charge >= 0.3 is 35.5 Å². The molecule has 0 bridgehead atoms. The van der Waals surface area contributed by atoms with E-state index in [1.807, 2.05) is 0 Å². The Bertz CT molecular complexity index is 178. The summed E-state index contributed by atoms with van der Waals surface area (Å²) in [4.78, 5) is 18.9. The number of carboxylic acid groups (broad SMARTS) is 1. The number of carboxylic acids is 1. The van der Waals surface area contributed by atoms with E-state index in [0.717, 1.165) is 12.3 Å². The molecule has 0 rings (SSSR count). The molecule has 0 aromatic carbocycles. The van der Waals surface area contributed by atoms with Crippen LogP contribution in [-0.4, -0.2) is 11.9 Å². The molecule has 0 aliphatic rings. The average Bonchev–Trinajstić information content (AvgIpc) is 2.09. The number of esters is 1. The van der Waals surface area contributed by atoms with Gasteiger partial charge in [-0.3, -0.25) is 4.79 Å². The molecular weight excluding hydrogens is 195 g/mol. The van der Waals surface area contributed by atoms with Crippen molar-refractivity contribution in [1.82, 2.24) is 0 Å². The van der Waals surface area contributed by atoms with E-state index in [1.54, 1.807) is 0 Å². The zero-order valence-corrected chi connectivity index (χ0v) is 10.6. The molecule has 0 atom stereocenters. The van der Waals surface area contributed by atoms with E-state index in [1.165, 1.54) is 6.92 Å². The van der Waals surface area contributed by atoms with Gasteiger partial charge in [-0.15, -0.1) is 13.2 Å². The van der Waals surface area contributed by atoms with Crippen LogP contribution >= 0.6 is 0 Å². The fourth-order valence-corrected chi connectivity index (χ4v) is 0.117. The van der Waals surface area contributed by atoms with Gasteiger partial charge in [-0.05, 0) is 6.08 Å². The van der Waals surface area contributed by atoms with Gasteiger partial charge in [0.1, 0.15) is 0 Å². The standard InChI is InChI=1S/C4H6O2.C3H4O2.C2H4.Na/c1-3-6-4(2)5;1-2-3(4)5;1-2;/h3H,1H2,2H3;2H,1H2,(H,4,5);1-2H2;/q;;;+1/p-1. The number of ether oxygens (including phenoxy) is 1. The van der Waals surface area contributed by atoms with Crippen LogP contribution < -0.4 is 34.7 Å². The largest absolute Gasteiger partial charge is 1.00 e. The summed E-state index contributed by atoms with van der Waals surface area (Å²) >= 11 is 0. The van der Waals surface area contributed by atoms with Gasteiger partial charge in [0.05, 0.1) is 12.2 Å². The Morgan fingerprint density at radius 1 is 1.29 bits per heavy atom. The minimum Gasteiger partial charge on any atom is -0.545 e. The number of carbonyl (C=O) groups is 2. The van der Waals surface area contributed by atoms with E-state index >= 15 is 0 Å². The van der Waals surface area contributed by atoms with Crippen molar-refractivity contribution in [2.75, 3.05) is 0 Å². The molecule has 0 spiro atoms. The molecule has 14 heavy (non-hydrogen) atoms. The molecule has 0 heterocycles. The second kappa shape index (κ2) is 22.7. The van der Waals surface area contributed by atoms with Gasteiger partial charge in [0, 0.05) is 6.92 Å². The van der Waals surface area contributed by atoms with Crippen LogP contribution in [0, 0.1) is 0 Å². The summed E-state index contributed by atoms with van der Waals surface area (Å²) in [6.45, 7) is 13.4. The van der Waals surface area contributed by atoms with Gasteiger partial charge < -0.3 is 14.6 Å². The second-order valence-electron chi connectivity index (χ2n) is 1.30. The SMILES string of the molecule is C=C.C=CC(=O)[O-].C=COC(C)=O.[Na+]. The summed E-state index contributed by atoms with van der Waals surface area (Å²) < 4.78 is 4.17. The van der Waals surface area contributed by atoms with Crippen molar-refractivity contribution in [3.05, 3.63) is 38.7 Å². The molecule has 4 nitrogen and oxygen atoms in total. The molecule has 0 saturated carbocycles. The maximum absolute atomic E-state index is 9.75. The summed E-state index contributed by atoms with van der Waals surface area (Å²) in [6.07, 6.45) is 1.82. The van der Waals surface area contributed by atoms with Gasteiger partial charge in [0.2, 0.25) is 0 Å². The summed E-state index contributed by atoms with van der Waals surface area (Å²) in [5.74, 6) is -1.56. The molecular formula is C9H13NaO4. The third-order valence-electron chi connectivity index (χ3n) is 0.416. The van der Waals surface area contributed by atoms with Crippen LogP contribution in [0.25, 0.3) is 0 Å². The molecule has 0 amide bonds. The maximum atomic E-state index is 9.75. The van der Waals surface area contributed by atoms with E-state index < -0.39 is 5.97 Å². The van der Waals surface area contributed by atoms with E-state index in [0.29, 0.717) is 0 Å². The Labute approximate surface area is 106 Å². The van der Waals surface area contributed by atoms with Gasteiger partial charge in [-0.2, -0.15) is 0 Å². The molecule has 0 aliphatic carbocycles. The molecule has 0 saturated heterocycles. The van der Waals surface area contributed by atoms with E-state index in [4.69, 9.17) is 9.90 Å². The quantitative estimate of drug-likeness (QED) is 0.164. The van der Waals surface area contributed by atoms with Crippen molar-refractivity contribution < 1.29 is 49.0 Å². The molecule has 0 aliphatic heterocycles. The number of hydrogen-bond donors (Lipinski definition) is 0. The number of aliphatic carboxylic acids is 1. The predicted octanol–water partition coefficient (Wildman–Crippen LogP) is -2.58. The molecule has 0 fully saturated rings. The maximum Gasteiger partial charge on any atom is 1.00 e. The number of hydrogen-bond acceptors (Lipinski definition) is 4. The Balaban J connectivity index is -0.0000000576. The Morgan fingerprint density at radius 2 is 1.57 bits per heavy atom. The Morgan fingerprint density at radius 3 is 1.57 bits per heavy atom. The van der Waals surface area contributed by atoms with Gasteiger partial charge in [0.15, 0.2) is 0 Å². The third-order valence-corrected chi connectivity index (χ3v) is 0.416. The smallest absolute Gasteiger partial charge is 0.545 e. The first-order chi connectivity index (χ1) is 6.04. The van der Waals surface area contributed by atoms with Crippen molar-refractivity contribution in [2.24, 2.45) is 0 Å². The number of rotatable bonds is 2. The van der Waals surface area contributed by atoms with Crippen LogP contribution in [0.2, 0.25) is 0 Å². The summed E-state index contributed by atoms with van der Waals surface area (Å²) in [5.41, 5.74) is 0. The summed E-state index contributed by atoms with van der Waals surface area (Å²) in [5, 5.41) is 9.14. The molecule has 0 aromatic rings. The van der Waals surface area contributed by atoms with Gasteiger partial charge in [0.25, 0.3) is 0 Å². The molecule has 0 radical (unpaired) electrons. The zero-order valence-electron chi connectivity index (χ0n) is 8.62. The summed E-state index contributed by atoms with van der Waals surface area (Å²) in [6, 6.07) is 0. The predicted molar refractivity (Wildman–Crippen MR) is 48.4 cm³/mol. The molecule has 0 unspecified atom stereocenters. The van der Waals surface area contributed by atoms with Crippen LogP contribution in [0.15, 0.2) is 38.7 Å². The first kappa shape index (κ1) is 23.2. The van der Waals surface area contributed by atoms with Crippen LogP contribution in [0.1, 0.15) is 6.92 Å². The van der Waals surface area contributed by atoms with E-state index in [-0.39, 0.29) is 35.5 Å². The van der Waals surface area contributed by atoms with Crippen molar-refractivity contribution in [3.63, 3.8) is 0 Å². The van der Waals surface area contributed by atoms with Crippen molar-refractivity contribution in [1.29, 1.82) is 0 Å². The van der Waals surface area contributed by atoms with Gasteiger partial charge in [-0.25, -0.2) is 0 Å². The fraction of sp³-hybridized carbons (Fsp3) is 0.111. The Kier molecular flexibility index (Phi) is 37.7. The monoisotopic (exact) mass is 208 g/mol. The first-order valence-corrected chi connectivity index (χ1v) is 3.16. The normalized spacial score (nSPS) is 5.50. The minimum absolute atomic E-state index is 0. The van der Waals surface area contributed by atoms with Crippen LogP contribution in [0.4, 0.5) is 0 Å². The summed E-state index contributed by atoms with van der Waals surface area (Å²) in [7, 11) is 0. The van der Waals surface area contributed by atoms with Crippen LogP contribution in [-0.2, 0) is 14.3 Å². The molecule has 74 valence electrons. The van der Waals surface area contributed by atoms with Gasteiger partial charge in [-0.1, -0.05) is 13.2 Å². The zero-order chi connectivity index (χ0) is 11.3. The molecule has 5 heteroatoms. The van der Waals surface area contributed by atoms with E-state index in [9.17, 15) is 4.79 Å².